The molecule has 0 N–H and O–H groups in total. The molecule has 1 amide bonds. The van der Waals surface area contributed by atoms with E-state index in [-0.39, 0.29) is 49.4 Å². The summed E-state index contributed by atoms with van der Waals surface area (Å²) in [6, 6.07) is 6.90. The van der Waals surface area contributed by atoms with Crippen molar-refractivity contribution in [1.82, 2.24) is 9.88 Å². The lowest BCUT2D eigenvalue weighted by atomic mass is 9.87. The Morgan fingerprint density at radius 2 is 2.07 bits per heavy atom. The number of likely N-dealkylation sites (tertiary alicyclic amines) is 1. The average molecular weight is 411 g/mol. The van der Waals surface area contributed by atoms with Gasteiger partial charge in [0.15, 0.2) is 0 Å². The molecule has 28 heavy (non-hydrogen) atoms. The van der Waals surface area contributed by atoms with Gasteiger partial charge in [0.2, 0.25) is 0 Å². The van der Waals surface area contributed by atoms with Crippen LogP contribution in [0.3, 0.4) is 0 Å². The van der Waals surface area contributed by atoms with E-state index in [1.807, 2.05) is 0 Å². The van der Waals surface area contributed by atoms with Crippen LogP contribution in [0.15, 0.2) is 36.5 Å². The fourth-order valence-electron chi connectivity index (χ4n) is 3.19. The van der Waals surface area contributed by atoms with Crippen LogP contribution >= 0.6 is 11.6 Å². The zero-order chi connectivity index (χ0) is 23.7. The molecule has 0 atom stereocenters. The minimum absolute atomic E-state index is 0.0440. The summed E-state index contributed by atoms with van der Waals surface area (Å²) in [7, 11) is 0. The zero-order valence-electron chi connectivity index (χ0n) is 19.6. The van der Waals surface area contributed by atoms with Crippen molar-refractivity contribution in [3.8, 4) is 0 Å². The van der Waals surface area contributed by atoms with Gasteiger partial charge in [-0.1, -0.05) is 24.6 Å². The minimum atomic E-state index is -2.12. The van der Waals surface area contributed by atoms with Crippen LogP contribution < -0.4 is 0 Å². The predicted molar refractivity (Wildman–Crippen MR) is 107 cm³/mol. The molecule has 1 fully saturated rings. The molecule has 3 rings (SSSR count). The number of nitrogens with zero attached hydrogens (tertiary/aromatic N) is 2. The molecule has 150 valence electrons. The van der Waals surface area contributed by atoms with Crippen LogP contribution in [0.5, 0.6) is 0 Å². The highest BCUT2D eigenvalue weighted by Gasteiger charge is 2.35. The Balaban J connectivity index is 1.60. The van der Waals surface area contributed by atoms with Crippen LogP contribution in [-0.2, 0) is 12.8 Å². The first-order valence-corrected chi connectivity index (χ1v) is 9.59. The van der Waals surface area contributed by atoms with E-state index in [0.717, 1.165) is 6.07 Å². The number of amides is 1. The highest BCUT2D eigenvalue weighted by atomic mass is 35.5. The van der Waals surface area contributed by atoms with Crippen molar-refractivity contribution in [3.63, 3.8) is 0 Å². The maximum Gasteiger partial charge on any atom is 0.253 e. The molecule has 1 aromatic heterocycles. The standard InChI is InChI=1S/C22H25ClF2N2O/c1-2-16-5-7-18(26-15-16)4-3-9-22(25)10-12-27(13-11-22)21(28)17-6-8-20(24)19(23)14-17/h5-8,14-15H,2-4,9-13H2,1H3/i2D2,9D2. The van der Waals surface area contributed by atoms with E-state index >= 15 is 4.39 Å². The van der Waals surface area contributed by atoms with E-state index in [0.29, 0.717) is 11.3 Å². The van der Waals surface area contributed by atoms with Crippen molar-refractivity contribution in [2.24, 2.45) is 0 Å². The molecule has 0 spiro atoms. The molecular weight excluding hydrogens is 382 g/mol. The summed E-state index contributed by atoms with van der Waals surface area (Å²) < 4.78 is 61.0. The number of halogens is 3. The molecule has 2 heterocycles. The number of alkyl halides is 1. The molecule has 2 aromatic rings. The average Bonchev–Trinajstić information content (AvgIpc) is 2.74. The Hall–Kier alpha value is -2.01. The predicted octanol–water partition coefficient (Wildman–Crippen LogP) is 5.40. The van der Waals surface area contributed by atoms with Gasteiger partial charge in [0.25, 0.3) is 5.91 Å². The number of aromatic nitrogens is 1. The summed E-state index contributed by atoms with van der Waals surface area (Å²) in [4.78, 5) is 18.2. The molecular formula is C22H25ClF2N2O. The molecule has 0 radical (unpaired) electrons. The van der Waals surface area contributed by atoms with Gasteiger partial charge in [-0.2, -0.15) is 0 Å². The third-order valence-corrected chi connectivity index (χ3v) is 5.24. The lowest BCUT2D eigenvalue weighted by molar-refractivity contribution is 0.0389. The highest BCUT2D eigenvalue weighted by Crippen LogP contribution is 2.32. The van der Waals surface area contributed by atoms with E-state index < -0.39 is 30.1 Å². The van der Waals surface area contributed by atoms with Crippen molar-refractivity contribution in [2.75, 3.05) is 13.1 Å². The summed E-state index contributed by atoms with van der Waals surface area (Å²) in [5.74, 6) is -1.02. The highest BCUT2D eigenvalue weighted by molar-refractivity contribution is 6.31. The number of pyridine rings is 1. The summed E-state index contributed by atoms with van der Waals surface area (Å²) in [6.07, 6.45) is -2.40. The van der Waals surface area contributed by atoms with Gasteiger partial charge in [0.1, 0.15) is 11.5 Å². The SMILES string of the molecule is [2H]C([2H])(C)c1ccc(CCC([2H])([2H])C2(F)CCN(C(=O)c3ccc(F)c(Cl)c3)CC2)nc1. The first kappa shape index (κ1) is 15.9. The molecule has 1 saturated heterocycles. The van der Waals surface area contributed by atoms with E-state index in [2.05, 4.69) is 4.98 Å². The fourth-order valence-corrected chi connectivity index (χ4v) is 3.37. The van der Waals surface area contributed by atoms with E-state index in [9.17, 15) is 9.18 Å². The summed E-state index contributed by atoms with van der Waals surface area (Å²) >= 11 is 5.74. The number of carbonyl (C=O) groups excluding carboxylic acids is 1. The summed E-state index contributed by atoms with van der Waals surface area (Å²) in [5, 5.41) is -0.166. The van der Waals surface area contributed by atoms with Gasteiger partial charge in [-0.25, -0.2) is 8.78 Å². The smallest absolute Gasteiger partial charge is 0.253 e. The van der Waals surface area contributed by atoms with Crippen LogP contribution in [-0.4, -0.2) is 34.5 Å². The minimum Gasteiger partial charge on any atom is -0.338 e. The Bertz CT molecular complexity index is 975. The van der Waals surface area contributed by atoms with Gasteiger partial charge >= 0.3 is 0 Å². The van der Waals surface area contributed by atoms with Gasteiger partial charge in [-0.15, -0.1) is 0 Å². The molecule has 0 aliphatic carbocycles. The topological polar surface area (TPSA) is 33.2 Å². The van der Waals surface area contributed by atoms with Crippen molar-refractivity contribution in [1.29, 1.82) is 0 Å². The van der Waals surface area contributed by atoms with E-state index in [4.69, 9.17) is 17.1 Å². The van der Waals surface area contributed by atoms with Crippen LogP contribution in [0.2, 0.25) is 5.02 Å². The van der Waals surface area contributed by atoms with E-state index in [1.54, 1.807) is 12.1 Å². The third-order valence-electron chi connectivity index (χ3n) is 4.95. The number of hydrogen-bond donors (Lipinski definition) is 0. The second kappa shape index (κ2) is 8.99. The van der Waals surface area contributed by atoms with Crippen LogP contribution in [0.4, 0.5) is 8.78 Å². The Kier molecular flexibility index (Phi) is 5.09. The molecule has 0 saturated carbocycles. The maximum atomic E-state index is 15.6. The second-order valence-corrected chi connectivity index (χ2v) is 7.26. The quantitative estimate of drug-likeness (QED) is 0.638. The van der Waals surface area contributed by atoms with Crippen molar-refractivity contribution < 1.29 is 19.1 Å². The normalized spacial score (nSPS) is 19.4. The number of aryl methyl sites for hydroxylation is 2. The first-order chi connectivity index (χ1) is 14.8. The maximum absolute atomic E-state index is 15.6. The molecule has 6 heteroatoms. The van der Waals surface area contributed by atoms with Crippen molar-refractivity contribution in [3.05, 3.63) is 64.2 Å². The summed E-state index contributed by atoms with van der Waals surface area (Å²) in [6.45, 7) is 1.52. The molecule has 1 aromatic carbocycles. The van der Waals surface area contributed by atoms with Crippen LogP contribution in [0.25, 0.3) is 0 Å². The summed E-state index contributed by atoms with van der Waals surface area (Å²) in [5.41, 5.74) is -0.904. The molecule has 0 unspecified atom stereocenters. The number of rotatable bonds is 6. The monoisotopic (exact) mass is 410 g/mol. The van der Waals surface area contributed by atoms with Gasteiger partial charge < -0.3 is 4.90 Å². The zero-order valence-corrected chi connectivity index (χ0v) is 16.4. The number of carbonyl (C=O) groups is 1. The fraction of sp³-hybridized carbons (Fsp3) is 0.455. The van der Waals surface area contributed by atoms with Crippen molar-refractivity contribution >= 4 is 17.5 Å². The van der Waals surface area contributed by atoms with Gasteiger partial charge in [0, 0.05) is 36.0 Å². The number of piperidine rings is 1. The van der Waals surface area contributed by atoms with Gasteiger partial charge in [-0.3, -0.25) is 9.78 Å². The molecule has 0 bridgehead atoms. The molecule has 1 aliphatic rings. The Labute approximate surface area is 175 Å². The first-order valence-electron chi connectivity index (χ1n) is 11.2. The van der Waals surface area contributed by atoms with Gasteiger partial charge in [-0.05, 0) is 68.3 Å². The molecule has 1 aliphatic heterocycles. The Morgan fingerprint density at radius 3 is 2.68 bits per heavy atom. The van der Waals surface area contributed by atoms with E-state index in [1.165, 1.54) is 30.2 Å². The van der Waals surface area contributed by atoms with Crippen molar-refractivity contribution in [2.45, 2.75) is 51.0 Å². The van der Waals surface area contributed by atoms with Crippen LogP contribution in [0, 0.1) is 5.82 Å². The molecule has 3 nitrogen and oxygen atoms in total. The van der Waals surface area contributed by atoms with Crippen LogP contribution in [0.1, 0.15) is 59.7 Å². The lowest BCUT2D eigenvalue weighted by Gasteiger charge is -2.36. The number of benzene rings is 1. The third kappa shape index (κ3) is 5.07. The van der Waals surface area contributed by atoms with Gasteiger partial charge in [0.05, 0.1) is 5.02 Å². The lowest BCUT2D eigenvalue weighted by Crippen LogP contribution is -2.44. The number of hydrogen-bond acceptors (Lipinski definition) is 2. The second-order valence-electron chi connectivity index (χ2n) is 6.85. The largest absolute Gasteiger partial charge is 0.338 e. The Morgan fingerprint density at radius 1 is 1.32 bits per heavy atom.